The molecule has 14 heteroatoms. The van der Waals surface area contributed by atoms with Crippen molar-refractivity contribution >= 4 is 35.5 Å². The molecule has 0 radical (unpaired) electrons. The largest absolute Gasteiger partial charge is 0.808 e. The lowest BCUT2D eigenvalue weighted by Crippen LogP contribution is -2.46. The highest BCUT2D eigenvalue weighted by atomic mass is 32.2. The molecule has 2 aromatic heterocycles. The van der Waals surface area contributed by atoms with Crippen LogP contribution in [0, 0.1) is 0 Å². The number of rotatable bonds is 6. The Bertz CT molecular complexity index is 1160. The van der Waals surface area contributed by atoms with Gasteiger partial charge in [0.1, 0.15) is 0 Å². The van der Waals surface area contributed by atoms with E-state index in [2.05, 4.69) is 20.4 Å². The van der Waals surface area contributed by atoms with Gasteiger partial charge in [0.25, 0.3) is 11.8 Å². The summed E-state index contributed by atoms with van der Waals surface area (Å²) in [6.45, 7) is 5.37. The third kappa shape index (κ3) is 5.78. The maximum Gasteiger partial charge on any atom is 0.808 e. The molecule has 0 amide bonds. The lowest BCUT2D eigenvalue weighted by atomic mass is 10.0. The molecule has 0 aliphatic carbocycles. The van der Waals surface area contributed by atoms with Gasteiger partial charge in [-0.05, 0) is 18.1 Å². The molecule has 2 aromatic rings. The molecule has 0 bridgehead atoms. The third-order valence-corrected chi connectivity index (χ3v) is 10.8. The highest BCUT2D eigenvalue weighted by Gasteiger charge is 2.34. The summed E-state index contributed by atoms with van der Waals surface area (Å²) in [5.41, 5.74) is 3.78. The summed E-state index contributed by atoms with van der Waals surface area (Å²) in [5.74, 6) is 3.18. The number of fused-ring (bicyclic) bond motifs is 2. The van der Waals surface area contributed by atoms with Gasteiger partial charge in [-0.1, -0.05) is 6.07 Å². The first-order chi connectivity index (χ1) is 18.5. The van der Waals surface area contributed by atoms with Crippen LogP contribution in [0.4, 0.5) is 5.69 Å². The molecule has 0 saturated carbocycles. The highest BCUT2D eigenvalue weighted by molar-refractivity contribution is 7.85. The van der Waals surface area contributed by atoms with E-state index in [1.54, 1.807) is 12.1 Å². The maximum atomic E-state index is 12.9. The van der Waals surface area contributed by atoms with E-state index in [9.17, 15) is 13.0 Å². The molecule has 2 N–H and O–H groups in total. The van der Waals surface area contributed by atoms with Gasteiger partial charge in [0.15, 0.2) is 0 Å². The first-order valence-corrected chi connectivity index (χ1v) is 17.1. The van der Waals surface area contributed by atoms with Crippen LogP contribution in [-0.4, -0.2) is 90.5 Å². The topological polar surface area (TPSA) is 126 Å². The molecular weight excluding hydrogens is 547 g/mol. The van der Waals surface area contributed by atoms with Crippen molar-refractivity contribution in [1.82, 2.24) is 25.1 Å². The van der Waals surface area contributed by atoms with Crippen molar-refractivity contribution in [2.75, 3.05) is 67.6 Å². The Morgan fingerprint density at radius 3 is 2.13 bits per heavy atom. The number of pyridine rings is 2. The van der Waals surface area contributed by atoms with Crippen molar-refractivity contribution in [3.63, 3.8) is 0 Å². The average Bonchev–Trinajstić information content (AvgIpc) is 2.93. The highest BCUT2D eigenvalue weighted by Crippen LogP contribution is 2.37. The second-order valence-electron chi connectivity index (χ2n) is 9.83. The Balaban J connectivity index is 1.14. The summed E-state index contributed by atoms with van der Waals surface area (Å²) in [4.78, 5) is 14.0. The zero-order chi connectivity index (χ0) is 26.1. The fraction of sp³-hybridized carbons (Fsp3) is 0.583. The van der Waals surface area contributed by atoms with Crippen molar-refractivity contribution in [3.05, 3.63) is 41.2 Å². The van der Waals surface area contributed by atoms with Crippen molar-refractivity contribution < 1.29 is 22.0 Å². The summed E-state index contributed by atoms with van der Waals surface area (Å²) in [5, 5.41) is 6.81. The second kappa shape index (κ2) is 11.6. The van der Waals surface area contributed by atoms with Crippen LogP contribution in [0.1, 0.15) is 35.5 Å². The number of nitrogens with one attached hydrogen (secondary N) is 2. The normalized spacial score (nSPS) is 25.6. The molecule has 11 nitrogen and oxygen atoms in total. The van der Waals surface area contributed by atoms with E-state index in [4.69, 9.17) is 19.0 Å². The van der Waals surface area contributed by atoms with Crippen molar-refractivity contribution in [2.45, 2.75) is 25.0 Å². The van der Waals surface area contributed by atoms with Gasteiger partial charge in [-0.2, -0.15) is 0 Å². The summed E-state index contributed by atoms with van der Waals surface area (Å²) >= 11 is 0. The lowest BCUT2D eigenvalue weighted by molar-refractivity contribution is 0.197. The number of nitrogens with zero attached hydrogens (tertiary/aromatic N) is 4. The van der Waals surface area contributed by atoms with Crippen LogP contribution in [0.5, 0.6) is 11.8 Å². The van der Waals surface area contributed by atoms with E-state index in [-0.39, 0.29) is 23.8 Å². The quantitative estimate of drug-likeness (QED) is 0.486. The minimum atomic E-state index is -2.55. The Morgan fingerprint density at radius 2 is 1.45 bits per heavy atom. The molecule has 0 spiro atoms. The molecule has 6 heterocycles. The zero-order valence-corrected chi connectivity index (χ0v) is 23.6. The first-order valence-electron chi connectivity index (χ1n) is 13.0. The molecule has 0 aromatic carbocycles. The van der Waals surface area contributed by atoms with Gasteiger partial charge >= 0.3 is 8.25 Å². The van der Waals surface area contributed by atoms with Gasteiger partial charge in [-0.15, -0.1) is 0 Å². The second-order valence-corrected chi connectivity index (χ2v) is 14.0. The van der Waals surface area contributed by atoms with Crippen LogP contribution in [0.3, 0.4) is 0 Å². The molecule has 3 atom stereocenters. The minimum absolute atomic E-state index is 0.0531. The van der Waals surface area contributed by atoms with E-state index in [0.29, 0.717) is 29.6 Å². The van der Waals surface area contributed by atoms with Crippen LogP contribution < -0.4 is 19.7 Å². The molecule has 6 rings (SSSR count). The van der Waals surface area contributed by atoms with Gasteiger partial charge < -0.3 is 10.6 Å². The number of hydrogen-bond donors (Lipinski definition) is 2. The van der Waals surface area contributed by atoms with E-state index < -0.39 is 29.9 Å². The number of aromatic nitrogens is 2. The monoisotopic (exact) mass is 579 g/mol. The minimum Gasteiger partial charge on any atom is -0.383 e. The third-order valence-electron chi connectivity index (χ3n) is 7.55. The van der Waals surface area contributed by atoms with Crippen LogP contribution in [0.2, 0.25) is 0 Å². The van der Waals surface area contributed by atoms with E-state index in [0.717, 1.165) is 68.3 Å². The molecule has 3 unspecified atom stereocenters. The van der Waals surface area contributed by atoms with Crippen molar-refractivity contribution in [3.8, 4) is 11.8 Å². The Labute approximate surface area is 227 Å². The maximum absolute atomic E-state index is 12.9. The van der Waals surface area contributed by atoms with Crippen LogP contribution in [-0.2, 0) is 32.7 Å². The molecule has 4 aliphatic rings. The van der Waals surface area contributed by atoms with E-state index in [1.165, 1.54) is 0 Å². The fourth-order valence-electron chi connectivity index (χ4n) is 5.56. The molecule has 204 valence electrons. The zero-order valence-electron chi connectivity index (χ0n) is 21.0. The standard InChI is InChI=1S/C24H32N6O5PS2/c31-36(34-21-3-1-17-15-25-16-20(23(17)27-21)30-9-13-38(33)14-10-30)35-22-4-2-18-24(28-22)19(5-6-26-18)29-7-11-37(32)12-8-29/h1-4,19-20,25-26H,5-16H2/q+1. The molecular formula is C24H32N6O5PS2+. The fourth-order valence-corrected chi connectivity index (χ4v) is 8.27. The van der Waals surface area contributed by atoms with Gasteiger partial charge in [0.2, 0.25) is 0 Å². The number of hydrogen-bond acceptors (Lipinski definition) is 11. The first kappa shape index (κ1) is 26.2. The van der Waals surface area contributed by atoms with Crippen LogP contribution in [0.15, 0.2) is 24.3 Å². The summed E-state index contributed by atoms with van der Waals surface area (Å²) < 4.78 is 47.7. The number of anilines is 1. The lowest BCUT2D eigenvalue weighted by Gasteiger charge is -2.37. The SMILES string of the molecule is O=[P+](Oc1ccc2c(n1)C(N1CCS(=O)CC1)CNC2)Oc1ccc2c(n1)C(N1CCS(=O)CC1)CCN2. The van der Waals surface area contributed by atoms with Crippen LogP contribution >= 0.6 is 8.25 Å². The summed E-state index contributed by atoms with van der Waals surface area (Å²) in [6, 6.07) is 7.41. The van der Waals surface area contributed by atoms with Gasteiger partial charge in [-0.25, -0.2) is 19.0 Å². The predicted molar refractivity (Wildman–Crippen MR) is 147 cm³/mol. The van der Waals surface area contributed by atoms with Gasteiger partial charge in [0.05, 0.1) is 29.2 Å². The Kier molecular flexibility index (Phi) is 8.01. The van der Waals surface area contributed by atoms with Crippen LogP contribution in [0.25, 0.3) is 0 Å². The van der Waals surface area contributed by atoms with E-state index in [1.807, 2.05) is 12.1 Å². The molecule has 38 heavy (non-hydrogen) atoms. The molecule has 4 aliphatic heterocycles. The summed E-state index contributed by atoms with van der Waals surface area (Å²) in [7, 11) is -4.04. The molecule has 2 saturated heterocycles. The van der Waals surface area contributed by atoms with Crippen molar-refractivity contribution in [1.29, 1.82) is 0 Å². The van der Waals surface area contributed by atoms with Gasteiger partial charge in [-0.3, -0.25) is 18.2 Å². The van der Waals surface area contributed by atoms with E-state index >= 15 is 0 Å². The van der Waals surface area contributed by atoms with Crippen molar-refractivity contribution in [2.24, 2.45) is 0 Å². The molecule has 2 fully saturated rings. The average molecular weight is 580 g/mol. The van der Waals surface area contributed by atoms with Gasteiger partial charge in [0, 0.05) is 107 Å². The Hall–Kier alpha value is -2.02. The smallest absolute Gasteiger partial charge is 0.383 e. The summed E-state index contributed by atoms with van der Waals surface area (Å²) in [6.07, 6.45) is 0.890. The predicted octanol–water partition coefficient (Wildman–Crippen LogP) is 1.72. The Morgan fingerprint density at radius 1 is 0.842 bits per heavy atom.